The molecule has 0 amide bonds. The van der Waals surface area contributed by atoms with E-state index in [1.807, 2.05) is 19.0 Å². The van der Waals surface area contributed by atoms with Crippen molar-refractivity contribution in [2.45, 2.75) is 6.92 Å². The number of pyridine rings is 1. The lowest BCUT2D eigenvalue weighted by molar-refractivity contribution is 0.250. The van der Waals surface area contributed by atoms with Crippen LogP contribution in [0.25, 0.3) is 28.9 Å². The zero-order valence-electron chi connectivity index (χ0n) is 21.3. The summed E-state index contributed by atoms with van der Waals surface area (Å²) < 4.78 is 56.6. The van der Waals surface area contributed by atoms with E-state index in [-0.39, 0.29) is 29.3 Å². The predicted molar refractivity (Wildman–Crippen MR) is 145 cm³/mol. The first kappa shape index (κ1) is 28.7. The van der Waals surface area contributed by atoms with Gasteiger partial charge in [-0.3, -0.25) is 9.20 Å². The highest BCUT2D eigenvalue weighted by Gasteiger charge is 2.23. The molecular formula is C28H27ClF3N3O3. The minimum Gasteiger partial charge on any atom is -0.493 e. The van der Waals surface area contributed by atoms with Gasteiger partial charge < -0.3 is 14.4 Å². The van der Waals surface area contributed by atoms with Gasteiger partial charge in [0, 0.05) is 29.4 Å². The minimum absolute atomic E-state index is 0. The molecule has 0 atom stereocenters. The first-order valence-corrected chi connectivity index (χ1v) is 11.5. The van der Waals surface area contributed by atoms with Crippen LogP contribution in [-0.2, 0) is 0 Å². The average Bonchev–Trinajstić information content (AvgIpc) is 2.89. The van der Waals surface area contributed by atoms with Crippen LogP contribution in [0.1, 0.15) is 16.8 Å². The third-order valence-electron chi connectivity index (χ3n) is 5.85. The van der Waals surface area contributed by atoms with E-state index in [9.17, 15) is 13.6 Å². The van der Waals surface area contributed by atoms with Crippen molar-refractivity contribution in [3.8, 4) is 22.6 Å². The Balaban J connectivity index is 0.00000400. The fourth-order valence-electron chi connectivity index (χ4n) is 3.83. The van der Waals surface area contributed by atoms with Crippen LogP contribution in [0.4, 0.5) is 13.2 Å². The molecule has 0 radical (unpaired) electrons. The Morgan fingerprint density at radius 3 is 2.53 bits per heavy atom. The number of aromatic nitrogens is 2. The smallest absolute Gasteiger partial charge is 0.266 e. The molecule has 4 aromatic rings. The molecule has 10 heteroatoms. The topological polar surface area (TPSA) is 56.1 Å². The van der Waals surface area contributed by atoms with E-state index in [4.69, 9.17) is 9.47 Å². The van der Waals surface area contributed by atoms with Gasteiger partial charge in [0.25, 0.3) is 5.56 Å². The summed E-state index contributed by atoms with van der Waals surface area (Å²) in [6, 6.07) is 11.0. The van der Waals surface area contributed by atoms with Crippen molar-refractivity contribution >= 4 is 30.2 Å². The minimum atomic E-state index is -1.35. The Bertz CT molecular complexity index is 1550. The Morgan fingerprint density at radius 2 is 1.82 bits per heavy atom. The van der Waals surface area contributed by atoms with Crippen LogP contribution in [-0.4, -0.2) is 48.6 Å². The Labute approximate surface area is 224 Å². The number of halogens is 4. The van der Waals surface area contributed by atoms with Gasteiger partial charge >= 0.3 is 0 Å². The fourth-order valence-corrected chi connectivity index (χ4v) is 3.83. The van der Waals surface area contributed by atoms with E-state index in [1.165, 1.54) is 23.8 Å². The third-order valence-corrected chi connectivity index (χ3v) is 5.85. The number of methoxy groups -OCH3 is 1. The third kappa shape index (κ3) is 5.69. The number of ether oxygens (including phenoxy) is 2. The molecule has 200 valence electrons. The summed E-state index contributed by atoms with van der Waals surface area (Å²) in [6.07, 6.45) is 4.59. The molecule has 0 N–H and O–H groups in total. The zero-order chi connectivity index (χ0) is 26.7. The van der Waals surface area contributed by atoms with Crippen molar-refractivity contribution in [1.29, 1.82) is 0 Å². The average molecular weight is 546 g/mol. The number of hydrogen-bond acceptors (Lipinski definition) is 5. The van der Waals surface area contributed by atoms with Crippen LogP contribution in [0.5, 0.6) is 11.5 Å². The maximum absolute atomic E-state index is 15.0. The Kier molecular flexibility index (Phi) is 9.19. The summed E-state index contributed by atoms with van der Waals surface area (Å²) in [6.45, 7) is 2.19. The maximum atomic E-state index is 15.0. The standard InChI is InChI=1S/C28H26F3N3O3.ClH/c1-17-20(29)16-19(26(31)25(17)30)24-21(32-23-10-5-6-13-34(23)28(24)35)12-11-18-8-7-9-22(36-4)27(18)37-15-14-33(2)3;/h5-13,16H,14-15H2,1-4H3;1H. The summed E-state index contributed by atoms with van der Waals surface area (Å²) in [5, 5.41) is 0. The van der Waals surface area contributed by atoms with Crippen LogP contribution < -0.4 is 15.0 Å². The number of benzene rings is 2. The molecule has 0 aliphatic rings. The van der Waals surface area contributed by atoms with Crippen molar-refractivity contribution in [3.05, 3.63) is 93.3 Å². The summed E-state index contributed by atoms with van der Waals surface area (Å²) in [4.78, 5) is 19.9. The second kappa shape index (κ2) is 12.1. The van der Waals surface area contributed by atoms with Crippen LogP contribution in [0.3, 0.4) is 0 Å². The van der Waals surface area contributed by atoms with Gasteiger partial charge in [0.1, 0.15) is 18.1 Å². The number of likely N-dealkylation sites (N-methyl/N-ethyl adjacent to an activating group) is 1. The van der Waals surface area contributed by atoms with Gasteiger partial charge in [0.2, 0.25) is 0 Å². The molecule has 0 saturated carbocycles. The van der Waals surface area contributed by atoms with Crippen molar-refractivity contribution in [2.24, 2.45) is 0 Å². The number of rotatable bonds is 8. The molecule has 4 rings (SSSR count). The van der Waals surface area contributed by atoms with Crippen molar-refractivity contribution in [3.63, 3.8) is 0 Å². The largest absolute Gasteiger partial charge is 0.493 e. The molecule has 0 fully saturated rings. The fraction of sp³-hybridized carbons (Fsp3) is 0.214. The van der Waals surface area contributed by atoms with Crippen molar-refractivity contribution < 1.29 is 22.6 Å². The highest BCUT2D eigenvalue weighted by atomic mass is 35.5. The second-order valence-electron chi connectivity index (χ2n) is 8.63. The molecule has 0 saturated heterocycles. The summed E-state index contributed by atoms with van der Waals surface area (Å²) >= 11 is 0. The van der Waals surface area contributed by atoms with Gasteiger partial charge in [-0.25, -0.2) is 18.2 Å². The summed E-state index contributed by atoms with van der Waals surface area (Å²) in [5.74, 6) is -2.67. The molecule has 0 unspecified atom stereocenters. The first-order chi connectivity index (χ1) is 17.7. The van der Waals surface area contributed by atoms with Crippen molar-refractivity contribution in [2.75, 3.05) is 34.4 Å². The molecule has 0 spiro atoms. The van der Waals surface area contributed by atoms with Crippen molar-refractivity contribution in [1.82, 2.24) is 14.3 Å². The monoisotopic (exact) mass is 545 g/mol. The number of fused-ring (bicyclic) bond motifs is 1. The number of para-hydroxylation sites is 1. The van der Waals surface area contributed by atoms with Gasteiger partial charge in [-0.15, -0.1) is 12.4 Å². The number of hydrogen-bond donors (Lipinski definition) is 0. The normalized spacial score (nSPS) is 11.3. The molecule has 0 bridgehead atoms. The van der Waals surface area contributed by atoms with E-state index in [1.54, 1.807) is 42.5 Å². The van der Waals surface area contributed by atoms with Gasteiger partial charge in [0.15, 0.2) is 23.1 Å². The summed E-state index contributed by atoms with van der Waals surface area (Å²) in [7, 11) is 5.37. The molecule has 0 aliphatic carbocycles. The van der Waals surface area contributed by atoms with Crippen LogP contribution in [0, 0.1) is 24.4 Å². The maximum Gasteiger partial charge on any atom is 0.266 e. The molecule has 0 aliphatic heterocycles. The van der Waals surface area contributed by atoms with Crippen LogP contribution in [0.2, 0.25) is 0 Å². The van der Waals surface area contributed by atoms with E-state index >= 15 is 4.39 Å². The van der Waals surface area contributed by atoms with Gasteiger partial charge in [0.05, 0.1) is 18.4 Å². The lowest BCUT2D eigenvalue weighted by Crippen LogP contribution is -2.20. The van der Waals surface area contributed by atoms with Crippen LogP contribution >= 0.6 is 12.4 Å². The van der Waals surface area contributed by atoms with Gasteiger partial charge in [-0.1, -0.05) is 18.2 Å². The van der Waals surface area contributed by atoms with E-state index < -0.39 is 34.1 Å². The molecule has 6 nitrogen and oxygen atoms in total. The van der Waals surface area contributed by atoms with E-state index in [0.29, 0.717) is 30.2 Å². The second-order valence-corrected chi connectivity index (χ2v) is 8.63. The predicted octanol–water partition coefficient (Wildman–Crippen LogP) is 5.63. The van der Waals surface area contributed by atoms with E-state index in [0.717, 1.165) is 13.0 Å². The zero-order valence-corrected chi connectivity index (χ0v) is 22.1. The highest BCUT2D eigenvalue weighted by molar-refractivity contribution is 5.85. The molecule has 2 heterocycles. The van der Waals surface area contributed by atoms with Gasteiger partial charge in [-0.2, -0.15) is 0 Å². The van der Waals surface area contributed by atoms with Crippen LogP contribution in [0.15, 0.2) is 53.5 Å². The number of nitrogens with zero attached hydrogens (tertiary/aromatic N) is 3. The molecule has 38 heavy (non-hydrogen) atoms. The Hall–Kier alpha value is -3.82. The lowest BCUT2D eigenvalue weighted by Gasteiger charge is -2.15. The first-order valence-electron chi connectivity index (χ1n) is 11.5. The Morgan fingerprint density at radius 1 is 1.05 bits per heavy atom. The van der Waals surface area contributed by atoms with E-state index in [2.05, 4.69) is 4.98 Å². The molecular weight excluding hydrogens is 519 g/mol. The highest BCUT2D eigenvalue weighted by Crippen LogP contribution is 2.33. The van der Waals surface area contributed by atoms with Gasteiger partial charge in [-0.05, 0) is 57.4 Å². The summed E-state index contributed by atoms with van der Waals surface area (Å²) in [5.41, 5.74) is -0.974. The SMILES string of the molecule is COc1cccc(C=Cc2nc3ccccn3c(=O)c2-c2cc(F)c(C)c(F)c2F)c1OCCN(C)C.Cl. The molecule has 2 aromatic heterocycles. The lowest BCUT2D eigenvalue weighted by atomic mass is 10.0. The quantitative estimate of drug-likeness (QED) is 0.269. The molecule has 2 aromatic carbocycles.